The number of hydrogen-bond donors (Lipinski definition) is 2. The fraction of sp³-hybridized carbons (Fsp3) is 0.0161. The number of aliphatic imine (C=N–C) groups is 1. The highest BCUT2D eigenvalue weighted by Crippen LogP contribution is 2.45. The molecule has 0 spiro atoms. The number of rotatable bonds is 9. The van der Waals surface area contributed by atoms with Gasteiger partial charge in [-0.05, 0) is 58.7 Å². The van der Waals surface area contributed by atoms with Crippen molar-refractivity contribution in [2.45, 2.75) is 0 Å². The molecule has 0 aliphatic heterocycles. The summed E-state index contributed by atoms with van der Waals surface area (Å²) < 4.78 is 2.37. The van der Waals surface area contributed by atoms with E-state index in [1.54, 1.807) is 0 Å². The predicted octanol–water partition coefficient (Wildman–Crippen LogP) is 15.0. The van der Waals surface area contributed by atoms with Gasteiger partial charge in [0.25, 0.3) is 0 Å². The van der Waals surface area contributed by atoms with E-state index in [-0.39, 0.29) is 5.84 Å². The third-order valence-corrected chi connectivity index (χ3v) is 12.6. The number of fused-ring (bicyclic) bond motifs is 3. The number of amidine groups is 2. The lowest BCUT2D eigenvalue weighted by molar-refractivity contribution is 1.16. The van der Waals surface area contributed by atoms with Crippen LogP contribution < -0.4 is 10.6 Å². The number of nitrogen functional groups attached to an aromatic ring is 1. The van der Waals surface area contributed by atoms with E-state index in [4.69, 9.17) is 15.7 Å². The van der Waals surface area contributed by atoms with Gasteiger partial charge in [-0.15, -0.1) is 0 Å². The molecule has 68 heavy (non-hydrogen) atoms. The minimum absolute atomic E-state index is 0.151. The monoisotopic (exact) mass is 874 g/mol. The molecule has 0 radical (unpaired) electrons. The van der Waals surface area contributed by atoms with Crippen LogP contribution in [0.25, 0.3) is 83.4 Å². The van der Waals surface area contributed by atoms with Crippen LogP contribution in [0.5, 0.6) is 0 Å². The van der Waals surface area contributed by atoms with E-state index in [1.165, 1.54) is 0 Å². The summed E-state index contributed by atoms with van der Waals surface area (Å²) in [5, 5.41) is 11.9. The quantitative estimate of drug-likeness (QED) is 0.0861. The molecule has 6 heteroatoms. The first-order valence-corrected chi connectivity index (χ1v) is 22.8. The number of hydrogen-bond acceptors (Lipinski definition) is 3. The van der Waals surface area contributed by atoms with Crippen LogP contribution in [-0.2, 0) is 0 Å². The number of benzene rings is 9. The molecule has 0 fully saturated rings. The molecule has 3 N–H and O–H groups in total. The highest BCUT2D eigenvalue weighted by atomic mass is 15.2. The van der Waals surface area contributed by atoms with E-state index in [0.717, 1.165) is 100 Å². The molecule has 0 unspecified atom stereocenters. The van der Waals surface area contributed by atoms with Crippen LogP contribution in [0.2, 0.25) is 0 Å². The van der Waals surface area contributed by atoms with Crippen LogP contribution in [0.3, 0.4) is 0 Å². The van der Waals surface area contributed by atoms with Crippen LogP contribution in [0.1, 0.15) is 11.1 Å². The van der Waals surface area contributed by atoms with E-state index in [0.29, 0.717) is 11.5 Å². The van der Waals surface area contributed by atoms with E-state index in [9.17, 15) is 5.41 Å². The maximum absolute atomic E-state index is 9.74. The maximum Gasteiger partial charge on any atom is 0.154 e. The van der Waals surface area contributed by atoms with E-state index >= 15 is 0 Å². The van der Waals surface area contributed by atoms with Crippen molar-refractivity contribution in [3.05, 3.63) is 254 Å². The standard InChI is InChI=1S/C62H46N6/c1-67(62(45-27-12-5-13-28-45)66-61(64)54-34-15-14-31-49(54)42-21-6-2-7-22-42)59-52(50-32-16-18-35-55(50)63)37-38-53-51-33-17-19-36-58(51)68(60(53)59)48-30-20-29-46(39-48)47-40-56(43-23-8-3-9-24-43)65-57(41-47)44-25-10-4-11-26-44/h2-41,64H,63H2,1H3. The number of aromatic nitrogens is 2. The number of para-hydroxylation sites is 2. The average molecular weight is 875 g/mol. The minimum atomic E-state index is 0.151. The van der Waals surface area contributed by atoms with Crippen molar-refractivity contribution in [3.63, 3.8) is 0 Å². The van der Waals surface area contributed by atoms with Crippen molar-refractivity contribution in [1.29, 1.82) is 5.41 Å². The molecule has 11 aromatic rings. The van der Waals surface area contributed by atoms with Crippen molar-refractivity contribution in [2.24, 2.45) is 4.99 Å². The van der Waals surface area contributed by atoms with Gasteiger partial charge in [0.1, 0.15) is 5.84 Å². The SMILES string of the molecule is CN(C(=NC(=N)c1ccccc1-c1ccccc1)c1ccccc1)c1c(-c2ccccc2N)ccc2c3ccccc3n(-c3cccc(-c4cc(-c5ccccc5)nc(-c5ccccc5)c4)c3)c12. The summed E-state index contributed by atoms with van der Waals surface area (Å²) >= 11 is 0. The van der Waals surface area contributed by atoms with Gasteiger partial charge in [0, 0.05) is 62.6 Å². The van der Waals surface area contributed by atoms with Gasteiger partial charge < -0.3 is 15.2 Å². The first-order valence-electron chi connectivity index (χ1n) is 22.8. The molecule has 0 amide bonds. The molecular weight excluding hydrogens is 829 g/mol. The molecule has 11 rings (SSSR count). The largest absolute Gasteiger partial charge is 0.398 e. The molecule has 2 aromatic heterocycles. The highest BCUT2D eigenvalue weighted by Gasteiger charge is 2.26. The zero-order valence-corrected chi connectivity index (χ0v) is 37.5. The summed E-state index contributed by atoms with van der Waals surface area (Å²) in [6, 6.07) is 83.3. The fourth-order valence-corrected chi connectivity index (χ4v) is 9.39. The number of nitrogens with two attached hydrogens (primary N) is 1. The van der Waals surface area contributed by atoms with Gasteiger partial charge in [0.05, 0.1) is 28.1 Å². The Morgan fingerprint density at radius 2 is 1.04 bits per heavy atom. The Bertz CT molecular complexity index is 3600. The second kappa shape index (κ2) is 18.0. The molecule has 0 saturated carbocycles. The summed E-state index contributed by atoms with van der Waals surface area (Å²) in [6.45, 7) is 0. The number of pyridine rings is 1. The van der Waals surface area contributed by atoms with E-state index in [2.05, 4.69) is 174 Å². The minimum Gasteiger partial charge on any atom is -0.398 e. The number of nitrogens with zero attached hydrogens (tertiary/aromatic N) is 4. The maximum atomic E-state index is 9.74. The van der Waals surface area contributed by atoms with E-state index in [1.807, 2.05) is 84.9 Å². The lowest BCUT2D eigenvalue weighted by atomic mass is 9.97. The molecule has 9 aromatic carbocycles. The molecule has 0 bridgehead atoms. The Balaban J connectivity index is 1.16. The topological polar surface area (TPSA) is 83.3 Å². The van der Waals surface area contributed by atoms with Crippen LogP contribution in [0.4, 0.5) is 11.4 Å². The summed E-state index contributed by atoms with van der Waals surface area (Å²) in [6.07, 6.45) is 0. The summed E-state index contributed by atoms with van der Waals surface area (Å²) in [7, 11) is 2.06. The van der Waals surface area contributed by atoms with Gasteiger partial charge in [-0.3, -0.25) is 5.41 Å². The molecule has 0 aliphatic rings. The fourth-order valence-electron chi connectivity index (χ4n) is 9.39. The molecule has 0 saturated heterocycles. The summed E-state index contributed by atoms with van der Waals surface area (Å²) in [5.41, 5.74) is 22.9. The van der Waals surface area contributed by atoms with Crippen LogP contribution in [0, 0.1) is 5.41 Å². The number of anilines is 2. The van der Waals surface area contributed by atoms with Crippen molar-refractivity contribution >= 4 is 44.9 Å². The van der Waals surface area contributed by atoms with Gasteiger partial charge >= 0.3 is 0 Å². The Labute approximate surface area is 396 Å². The zero-order valence-electron chi connectivity index (χ0n) is 37.5. The Hall–Kier alpha value is -9.13. The van der Waals surface area contributed by atoms with Gasteiger partial charge in [-0.25, -0.2) is 9.98 Å². The van der Waals surface area contributed by atoms with Gasteiger partial charge in [0.2, 0.25) is 0 Å². The molecule has 324 valence electrons. The highest BCUT2D eigenvalue weighted by molar-refractivity contribution is 6.24. The van der Waals surface area contributed by atoms with Crippen molar-refractivity contribution in [1.82, 2.24) is 9.55 Å². The van der Waals surface area contributed by atoms with Crippen molar-refractivity contribution in [2.75, 3.05) is 17.7 Å². The van der Waals surface area contributed by atoms with E-state index < -0.39 is 0 Å². The molecule has 0 aliphatic carbocycles. The molecule has 6 nitrogen and oxygen atoms in total. The smallest absolute Gasteiger partial charge is 0.154 e. The Kier molecular flexibility index (Phi) is 11.0. The van der Waals surface area contributed by atoms with Crippen molar-refractivity contribution < 1.29 is 0 Å². The predicted molar refractivity (Wildman–Crippen MR) is 285 cm³/mol. The molecule has 0 atom stereocenters. The first kappa shape index (κ1) is 41.6. The average Bonchev–Trinajstić information content (AvgIpc) is 3.75. The summed E-state index contributed by atoms with van der Waals surface area (Å²) in [5.74, 6) is 0.768. The normalized spacial score (nSPS) is 11.5. The second-order valence-corrected chi connectivity index (χ2v) is 16.8. The van der Waals surface area contributed by atoms with Gasteiger partial charge in [0.15, 0.2) is 5.84 Å². The third-order valence-electron chi connectivity index (χ3n) is 12.6. The van der Waals surface area contributed by atoms with Gasteiger partial charge in [-0.2, -0.15) is 0 Å². The van der Waals surface area contributed by atoms with Gasteiger partial charge in [-0.1, -0.05) is 206 Å². The zero-order chi connectivity index (χ0) is 46.0. The lowest BCUT2D eigenvalue weighted by Gasteiger charge is -2.27. The first-order chi connectivity index (χ1) is 33.5. The molecule has 2 heterocycles. The lowest BCUT2D eigenvalue weighted by Crippen LogP contribution is -2.29. The Morgan fingerprint density at radius 1 is 0.485 bits per heavy atom. The molecular formula is C62H46N6. The van der Waals surface area contributed by atoms with Crippen LogP contribution >= 0.6 is 0 Å². The summed E-state index contributed by atoms with van der Waals surface area (Å²) in [4.78, 5) is 12.6. The van der Waals surface area contributed by atoms with Crippen LogP contribution in [0.15, 0.2) is 248 Å². The van der Waals surface area contributed by atoms with Crippen LogP contribution in [-0.4, -0.2) is 28.3 Å². The number of nitrogens with one attached hydrogen (secondary N) is 1. The third kappa shape index (κ3) is 7.80. The van der Waals surface area contributed by atoms with Crippen molar-refractivity contribution in [3.8, 4) is 61.6 Å². The Morgan fingerprint density at radius 3 is 1.72 bits per heavy atom. The second-order valence-electron chi connectivity index (χ2n) is 16.8.